The van der Waals surface area contributed by atoms with Crippen LogP contribution in [0.5, 0.6) is 0 Å². The van der Waals surface area contributed by atoms with E-state index >= 15 is 0 Å². The Labute approximate surface area is 131 Å². The summed E-state index contributed by atoms with van der Waals surface area (Å²) in [6.45, 7) is -0.477. The number of fused-ring (bicyclic) bond motifs is 1. The van der Waals surface area contributed by atoms with Gasteiger partial charge in [0, 0.05) is 0 Å². The molecule has 13 heteroatoms. The zero-order chi connectivity index (χ0) is 16.7. The maximum absolute atomic E-state index is 10.1. The Morgan fingerprint density at radius 1 is 1.26 bits per heavy atom. The van der Waals surface area contributed by atoms with Crippen molar-refractivity contribution < 1.29 is 34.5 Å². The van der Waals surface area contributed by atoms with Gasteiger partial charge in [0.1, 0.15) is 30.3 Å². The van der Waals surface area contributed by atoms with Crippen molar-refractivity contribution in [2.24, 2.45) is 15.7 Å². The molecule has 3 aliphatic rings. The molecule has 0 amide bonds. The lowest BCUT2D eigenvalue weighted by Gasteiger charge is -2.37. The second-order valence-electron chi connectivity index (χ2n) is 5.00. The monoisotopic (exact) mass is 349 g/mol. The zero-order valence-corrected chi connectivity index (χ0v) is 12.5. The second-order valence-corrected chi connectivity index (χ2v) is 5.67. The summed E-state index contributed by atoms with van der Waals surface area (Å²) in [5.74, 6) is 0.0838. The first-order valence-corrected chi connectivity index (χ1v) is 7.72. The van der Waals surface area contributed by atoms with E-state index in [1.54, 1.807) is 0 Å². The van der Waals surface area contributed by atoms with Crippen molar-refractivity contribution in [2.45, 2.75) is 30.7 Å². The summed E-state index contributed by atoms with van der Waals surface area (Å²) in [6, 6.07) is 0. The number of hydrogen-bond donors (Lipinski definition) is 6. The highest BCUT2D eigenvalue weighted by molar-refractivity contribution is 7.39. The first-order chi connectivity index (χ1) is 10.9. The number of nitrogens with zero attached hydrogens (tertiary/aromatic N) is 4. The maximum Gasteiger partial charge on any atom is 0.350 e. The molecule has 0 aromatic heterocycles. The number of hydroxylamine groups is 2. The van der Waals surface area contributed by atoms with Gasteiger partial charge in [-0.15, -0.1) is 0 Å². The highest BCUT2D eigenvalue weighted by Crippen LogP contribution is 2.36. The number of ether oxygens (including phenoxy) is 1. The third-order valence-electron chi connectivity index (χ3n) is 3.65. The average molecular weight is 349 g/mol. The summed E-state index contributed by atoms with van der Waals surface area (Å²) in [5, 5.41) is 30.1. The van der Waals surface area contributed by atoms with Gasteiger partial charge in [-0.3, -0.25) is 0 Å². The average Bonchev–Trinajstić information content (AvgIpc) is 3.06. The molecule has 1 fully saturated rings. The molecule has 3 aliphatic heterocycles. The lowest BCUT2D eigenvalue weighted by atomic mass is 10.1. The highest BCUT2D eigenvalue weighted by atomic mass is 31.2. The van der Waals surface area contributed by atoms with E-state index in [4.69, 9.17) is 30.0 Å². The Bertz CT molecular complexity index is 558. The number of hydrogen-bond acceptors (Lipinski definition) is 12. The van der Waals surface area contributed by atoms with Gasteiger partial charge >= 0.3 is 8.60 Å². The van der Waals surface area contributed by atoms with Crippen LogP contribution in [-0.2, 0) is 9.36 Å². The Morgan fingerprint density at radius 2 is 2.00 bits per heavy atom. The molecule has 0 radical (unpaired) electrons. The Morgan fingerprint density at radius 3 is 2.61 bits per heavy atom. The Balaban J connectivity index is 1.86. The van der Waals surface area contributed by atoms with Gasteiger partial charge in [0.05, 0.1) is 12.9 Å². The summed E-state index contributed by atoms with van der Waals surface area (Å²) in [7, 11) is -2.73. The summed E-state index contributed by atoms with van der Waals surface area (Å²) < 4.78 is 10.3. The minimum Gasteiger partial charge on any atom is -0.394 e. The molecule has 1 unspecified atom stereocenters. The van der Waals surface area contributed by atoms with Crippen LogP contribution < -0.4 is 5.73 Å². The Hall–Kier alpha value is -1.37. The second kappa shape index (κ2) is 6.26. The van der Waals surface area contributed by atoms with E-state index in [1.165, 1.54) is 11.2 Å². The molecule has 3 rings (SSSR count). The van der Waals surface area contributed by atoms with Crippen molar-refractivity contribution in [3.05, 3.63) is 11.5 Å². The molecule has 1 saturated heterocycles. The number of nitrogens with two attached hydrogens (primary N) is 1. The molecule has 5 atom stereocenters. The fourth-order valence-corrected chi connectivity index (χ4v) is 2.88. The molecule has 0 bridgehead atoms. The van der Waals surface area contributed by atoms with Crippen molar-refractivity contribution >= 4 is 21.3 Å². The number of aliphatic hydroxyl groups excluding tert-OH is 3. The topological polar surface area (TPSA) is 177 Å². The van der Waals surface area contributed by atoms with Crippen LogP contribution in [0.15, 0.2) is 21.5 Å². The van der Waals surface area contributed by atoms with E-state index in [-0.39, 0.29) is 11.5 Å². The molecular formula is C10H16N5O7P. The third kappa shape index (κ3) is 2.79. The van der Waals surface area contributed by atoms with Crippen LogP contribution in [0, 0.1) is 0 Å². The SMILES string of the molecule is NC1=C2N=CN([C@@H]3O[C@H](CO)[C@@H](O)[C@H]3O)C2N(OP(O)O)C=N1. The van der Waals surface area contributed by atoms with Crippen LogP contribution in [0.25, 0.3) is 0 Å². The van der Waals surface area contributed by atoms with Crippen molar-refractivity contribution in [3.8, 4) is 0 Å². The van der Waals surface area contributed by atoms with Gasteiger partial charge in [-0.2, -0.15) is 4.62 Å². The first-order valence-electron chi connectivity index (χ1n) is 6.56. The van der Waals surface area contributed by atoms with Gasteiger partial charge in [0.2, 0.25) is 0 Å². The predicted molar refractivity (Wildman–Crippen MR) is 75.9 cm³/mol. The molecule has 128 valence electrons. The number of rotatable bonds is 4. The third-order valence-corrected chi connectivity index (χ3v) is 3.98. The molecule has 12 nitrogen and oxygen atoms in total. The fraction of sp³-hybridized carbons (Fsp3) is 0.600. The molecule has 0 saturated carbocycles. The van der Waals surface area contributed by atoms with Crippen LogP contribution in [-0.4, -0.2) is 85.1 Å². The molecule has 23 heavy (non-hydrogen) atoms. The van der Waals surface area contributed by atoms with Gasteiger partial charge in [-0.05, 0) is 0 Å². The highest BCUT2D eigenvalue weighted by Gasteiger charge is 2.50. The number of aliphatic hydroxyl groups is 3. The van der Waals surface area contributed by atoms with Gasteiger partial charge < -0.3 is 40.5 Å². The summed E-state index contributed by atoms with van der Waals surface area (Å²) in [5.41, 5.74) is 5.99. The van der Waals surface area contributed by atoms with E-state index < -0.39 is 45.9 Å². The van der Waals surface area contributed by atoms with Crippen LogP contribution in [0.1, 0.15) is 0 Å². The fourth-order valence-electron chi connectivity index (χ4n) is 2.58. The smallest absolute Gasteiger partial charge is 0.350 e. The van der Waals surface area contributed by atoms with Gasteiger partial charge in [-0.1, -0.05) is 0 Å². The normalized spacial score (nSPS) is 36.5. The molecular weight excluding hydrogens is 333 g/mol. The van der Waals surface area contributed by atoms with E-state index in [0.29, 0.717) is 0 Å². The number of aliphatic imine (C=N–C) groups is 2. The molecule has 0 aliphatic carbocycles. The Kier molecular flexibility index (Phi) is 4.49. The van der Waals surface area contributed by atoms with Crippen LogP contribution in [0.2, 0.25) is 0 Å². The maximum atomic E-state index is 10.1. The molecule has 0 aromatic carbocycles. The summed E-state index contributed by atoms with van der Waals surface area (Å²) >= 11 is 0. The minimum absolute atomic E-state index is 0.0838. The molecule has 7 N–H and O–H groups in total. The molecule has 3 heterocycles. The van der Waals surface area contributed by atoms with Crippen molar-refractivity contribution in [1.29, 1.82) is 0 Å². The lowest BCUT2D eigenvalue weighted by Crippen LogP contribution is -2.54. The summed E-state index contributed by atoms with van der Waals surface area (Å²) in [6.07, 6.45) is -3.08. The van der Waals surface area contributed by atoms with E-state index in [1.807, 2.05) is 0 Å². The summed E-state index contributed by atoms with van der Waals surface area (Å²) in [4.78, 5) is 27.4. The van der Waals surface area contributed by atoms with Gasteiger partial charge in [0.25, 0.3) is 0 Å². The first kappa shape index (κ1) is 16.5. The van der Waals surface area contributed by atoms with E-state index in [2.05, 4.69) is 9.98 Å². The van der Waals surface area contributed by atoms with Gasteiger partial charge in [-0.25, -0.2) is 15.0 Å². The van der Waals surface area contributed by atoms with E-state index in [0.717, 1.165) is 11.4 Å². The van der Waals surface area contributed by atoms with Crippen molar-refractivity contribution in [3.63, 3.8) is 0 Å². The van der Waals surface area contributed by atoms with Crippen LogP contribution >= 0.6 is 8.60 Å². The van der Waals surface area contributed by atoms with Crippen LogP contribution in [0.3, 0.4) is 0 Å². The van der Waals surface area contributed by atoms with Crippen LogP contribution in [0.4, 0.5) is 0 Å². The van der Waals surface area contributed by atoms with Crippen molar-refractivity contribution in [2.75, 3.05) is 6.61 Å². The van der Waals surface area contributed by atoms with Crippen molar-refractivity contribution in [1.82, 2.24) is 9.96 Å². The quantitative estimate of drug-likeness (QED) is 0.282. The molecule has 0 aromatic rings. The minimum atomic E-state index is -2.73. The standard InChI is InChI=1S/C10H16N5O7P/c11-8-5-9(15(3-13-8)22-23(19)20)14(2-12-5)10-7(18)6(17)4(1-16)21-10/h2-4,6-7,9-10,16-20H,1,11H2/t4-,6-,7-,9?,10-/m1/s1. The predicted octanol–water partition coefficient (Wildman–Crippen LogP) is -3.29. The largest absolute Gasteiger partial charge is 0.394 e. The molecule has 0 spiro atoms. The lowest BCUT2D eigenvalue weighted by molar-refractivity contribution is -0.127. The zero-order valence-electron chi connectivity index (χ0n) is 11.6. The van der Waals surface area contributed by atoms with E-state index in [9.17, 15) is 10.2 Å². The van der Waals surface area contributed by atoms with Gasteiger partial charge in [0.15, 0.2) is 18.2 Å².